The van der Waals surface area contributed by atoms with Gasteiger partial charge in [-0.15, -0.1) is 0 Å². The second kappa shape index (κ2) is 5.81. The molecule has 0 aliphatic rings. The van der Waals surface area contributed by atoms with Gasteiger partial charge in [0.15, 0.2) is 0 Å². The number of hydrogen-bond donors (Lipinski definition) is 0. The molecule has 0 saturated heterocycles. The molecule has 2 rings (SSSR count). The summed E-state index contributed by atoms with van der Waals surface area (Å²) in [6.07, 6.45) is 0. The Hall–Kier alpha value is -1.25. The summed E-state index contributed by atoms with van der Waals surface area (Å²) in [7, 11) is -3.32. The molecule has 5 heteroatoms. The predicted molar refractivity (Wildman–Crippen MR) is 74.6 cm³/mol. The van der Waals surface area contributed by atoms with Crippen molar-refractivity contribution in [2.45, 2.75) is 17.6 Å². The van der Waals surface area contributed by atoms with E-state index in [0.717, 1.165) is 9.91 Å². The van der Waals surface area contributed by atoms with Gasteiger partial charge in [-0.1, -0.05) is 0 Å². The zero-order valence-corrected chi connectivity index (χ0v) is 13.1. The minimum atomic E-state index is -3.32. The Kier molecular flexibility index (Phi) is 4.33. The van der Waals surface area contributed by atoms with Gasteiger partial charge >= 0.3 is 119 Å². The summed E-state index contributed by atoms with van der Waals surface area (Å²) in [4.78, 5) is 0.331. The standard InChI is InChI=1S/C14H13AsO3S/c1-11-2-8-14(9-3-11)19(17,18)10-12-4-6-13(15-16)7-5-12/h2-9H,10H2,1H3. The van der Waals surface area contributed by atoms with Crippen LogP contribution in [0.1, 0.15) is 11.1 Å². The fourth-order valence-corrected chi connectivity index (χ4v) is 3.62. The number of aryl methyl sites for hydroxylation is 1. The van der Waals surface area contributed by atoms with Gasteiger partial charge < -0.3 is 0 Å². The Labute approximate surface area is 119 Å². The number of benzene rings is 2. The van der Waals surface area contributed by atoms with Crippen molar-refractivity contribution in [3.05, 3.63) is 59.7 Å². The Morgan fingerprint density at radius 3 is 2.05 bits per heavy atom. The molecule has 0 bridgehead atoms. The molecule has 0 fully saturated rings. The summed E-state index contributed by atoms with van der Waals surface area (Å²) < 4.78 is 35.9. The molecule has 98 valence electrons. The van der Waals surface area contributed by atoms with Crippen LogP contribution in [-0.4, -0.2) is 24.1 Å². The van der Waals surface area contributed by atoms with Crippen LogP contribution in [0.4, 0.5) is 0 Å². The van der Waals surface area contributed by atoms with Gasteiger partial charge in [0.05, 0.1) is 0 Å². The number of sulfone groups is 1. The molecule has 0 aliphatic heterocycles. The van der Waals surface area contributed by atoms with Gasteiger partial charge in [0.2, 0.25) is 0 Å². The molecule has 3 nitrogen and oxygen atoms in total. The Bertz CT molecular complexity index is 674. The molecule has 0 radical (unpaired) electrons. The summed E-state index contributed by atoms with van der Waals surface area (Å²) in [6.45, 7) is 1.92. The first kappa shape index (κ1) is 14.2. The molecule has 0 atom stereocenters. The van der Waals surface area contributed by atoms with Gasteiger partial charge in [-0.25, -0.2) is 0 Å². The van der Waals surface area contributed by atoms with Crippen molar-refractivity contribution < 1.29 is 12.2 Å². The molecule has 0 saturated carbocycles. The van der Waals surface area contributed by atoms with Crippen molar-refractivity contribution in [1.29, 1.82) is 0 Å². The van der Waals surface area contributed by atoms with Crippen molar-refractivity contribution in [1.82, 2.24) is 0 Å². The molecule has 2 aromatic carbocycles. The molecule has 19 heavy (non-hydrogen) atoms. The van der Waals surface area contributed by atoms with Crippen LogP contribution >= 0.6 is 0 Å². The Balaban J connectivity index is 2.25. The average Bonchev–Trinajstić information content (AvgIpc) is 2.40. The first-order valence-electron chi connectivity index (χ1n) is 5.73. The van der Waals surface area contributed by atoms with Crippen LogP contribution in [-0.2, 0) is 19.3 Å². The van der Waals surface area contributed by atoms with Gasteiger partial charge in [0.1, 0.15) is 0 Å². The second-order valence-electron chi connectivity index (χ2n) is 4.33. The number of rotatable bonds is 4. The topological polar surface area (TPSA) is 51.2 Å². The molecular formula is C14H13AsO3S. The molecule has 0 heterocycles. The van der Waals surface area contributed by atoms with E-state index in [4.69, 9.17) is 0 Å². The van der Waals surface area contributed by atoms with E-state index in [-0.39, 0.29) is 5.75 Å². The first-order valence-corrected chi connectivity index (χ1v) is 9.09. The normalized spacial score (nSPS) is 11.6. The van der Waals surface area contributed by atoms with Gasteiger partial charge in [0.25, 0.3) is 0 Å². The van der Waals surface area contributed by atoms with Crippen LogP contribution in [0, 0.1) is 6.92 Å². The van der Waals surface area contributed by atoms with Gasteiger partial charge in [-0.05, 0) is 0 Å². The van der Waals surface area contributed by atoms with Crippen LogP contribution in [0.3, 0.4) is 0 Å². The molecule has 2 aromatic rings. The van der Waals surface area contributed by atoms with Gasteiger partial charge in [0, 0.05) is 0 Å². The molecule has 0 aromatic heterocycles. The van der Waals surface area contributed by atoms with Crippen LogP contribution in [0.5, 0.6) is 0 Å². The van der Waals surface area contributed by atoms with Crippen LogP contribution in [0.2, 0.25) is 0 Å². The van der Waals surface area contributed by atoms with Crippen molar-refractivity contribution in [3.8, 4) is 0 Å². The Morgan fingerprint density at radius 1 is 0.947 bits per heavy atom. The van der Waals surface area contributed by atoms with Gasteiger partial charge in [-0.3, -0.25) is 0 Å². The molecule has 0 aliphatic carbocycles. The predicted octanol–water partition coefficient (Wildman–Crippen LogP) is 1.64. The van der Waals surface area contributed by atoms with E-state index in [0.29, 0.717) is 10.5 Å². The van der Waals surface area contributed by atoms with Crippen molar-refractivity contribution in [2.24, 2.45) is 0 Å². The van der Waals surface area contributed by atoms with E-state index in [1.165, 1.54) is 0 Å². The molecule has 0 spiro atoms. The molecule has 0 N–H and O–H groups in total. The maximum absolute atomic E-state index is 12.2. The van der Waals surface area contributed by atoms with E-state index in [9.17, 15) is 12.2 Å². The van der Waals surface area contributed by atoms with Crippen LogP contribution < -0.4 is 4.35 Å². The van der Waals surface area contributed by atoms with Crippen LogP contribution in [0.15, 0.2) is 53.4 Å². The number of hydrogen-bond acceptors (Lipinski definition) is 3. The molecule has 0 amide bonds. The second-order valence-corrected chi connectivity index (χ2v) is 7.79. The van der Waals surface area contributed by atoms with Gasteiger partial charge in [-0.2, -0.15) is 0 Å². The summed E-state index contributed by atoms with van der Waals surface area (Å²) in [5.74, 6) is -0.0360. The van der Waals surface area contributed by atoms with E-state index in [1.807, 2.05) is 6.92 Å². The van der Waals surface area contributed by atoms with Crippen LogP contribution in [0.25, 0.3) is 0 Å². The Morgan fingerprint density at radius 2 is 1.53 bits per heavy atom. The molecule has 0 unspecified atom stereocenters. The fraction of sp³-hybridized carbons (Fsp3) is 0.143. The third-order valence-corrected chi connectivity index (χ3v) is 5.55. The van der Waals surface area contributed by atoms with E-state index in [1.54, 1.807) is 48.5 Å². The maximum atomic E-state index is 12.2. The third-order valence-electron chi connectivity index (χ3n) is 2.78. The monoisotopic (exact) mass is 336 g/mol. The van der Waals surface area contributed by atoms with Crippen molar-refractivity contribution in [2.75, 3.05) is 0 Å². The van der Waals surface area contributed by atoms with Crippen molar-refractivity contribution >= 4 is 29.9 Å². The average molecular weight is 336 g/mol. The summed E-state index contributed by atoms with van der Waals surface area (Å²) in [6, 6.07) is 13.7. The minimum absolute atomic E-state index is 0.0360. The quantitative estimate of drug-likeness (QED) is 0.798. The zero-order valence-electron chi connectivity index (χ0n) is 10.4. The van der Waals surface area contributed by atoms with Crippen molar-refractivity contribution in [3.63, 3.8) is 0 Å². The summed E-state index contributed by atoms with van der Waals surface area (Å²) >= 11 is -1.05. The summed E-state index contributed by atoms with van der Waals surface area (Å²) in [5.41, 5.74) is 1.74. The van der Waals surface area contributed by atoms with E-state index >= 15 is 0 Å². The van der Waals surface area contributed by atoms with E-state index < -0.39 is 25.5 Å². The third kappa shape index (κ3) is 3.61. The zero-order chi connectivity index (χ0) is 13.9. The van der Waals surface area contributed by atoms with E-state index in [2.05, 4.69) is 0 Å². The first-order chi connectivity index (χ1) is 9.01. The fourth-order valence-electron chi connectivity index (χ4n) is 1.70. The summed E-state index contributed by atoms with van der Waals surface area (Å²) in [5, 5.41) is 0. The SMILES string of the molecule is Cc1ccc(S(=O)(=O)Cc2ccc([As]=O)cc2)cc1. The molecular weight excluding hydrogens is 323 g/mol.